The Morgan fingerprint density at radius 2 is 2.11 bits per heavy atom. The van der Waals surface area contributed by atoms with Crippen molar-refractivity contribution in [3.8, 4) is 0 Å². The summed E-state index contributed by atoms with van der Waals surface area (Å²) in [6.07, 6.45) is 0.752. The summed E-state index contributed by atoms with van der Waals surface area (Å²) >= 11 is 1.31. The highest BCUT2D eigenvalue weighted by molar-refractivity contribution is 7.89. The zero-order valence-corrected chi connectivity index (χ0v) is 13.4. The molecule has 19 heavy (non-hydrogen) atoms. The molecule has 0 aliphatic heterocycles. The highest BCUT2D eigenvalue weighted by Gasteiger charge is 2.21. The molecule has 1 atom stereocenters. The fraction of sp³-hybridized carbons (Fsp3) is 0.667. The minimum Gasteiger partial charge on any atom is -0.391 e. The van der Waals surface area contributed by atoms with Gasteiger partial charge in [0.15, 0.2) is 0 Å². The van der Waals surface area contributed by atoms with E-state index in [1.165, 1.54) is 11.3 Å². The molecule has 0 aromatic carbocycles. The minimum absolute atomic E-state index is 0.121. The normalized spacial score (nSPS) is 14.0. The zero-order valence-electron chi connectivity index (χ0n) is 11.8. The summed E-state index contributed by atoms with van der Waals surface area (Å²) in [7, 11) is 0.416. The van der Waals surface area contributed by atoms with Gasteiger partial charge in [-0.1, -0.05) is 0 Å². The Balaban J connectivity index is 2.77. The summed E-state index contributed by atoms with van der Waals surface area (Å²) in [6, 6.07) is 1.42. The first-order chi connectivity index (χ1) is 8.76. The highest BCUT2D eigenvalue weighted by atomic mass is 32.2. The van der Waals surface area contributed by atoms with Gasteiger partial charge in [-0.3, -0.25) is 0 Å². The van der Waals surface area contributed by atoms with Crippen molar-refractivity contribution in [3.05, 3.63) is 15.8 Å². The molecule has 0 radical (unpaired) electrons. The fourth-order valence-corrected chi connectivity index (χ4v) is 4.48. The number of nitrogens with one attached hydrogen (secondary N) is 1. The van der Waals surface area contributed by atoms with E-state index in [1.807, 2.05) is 25.9 Å². The Morgan fingerprint density at radius 3 is 2.58 bits per heavy atom. The van der Waals surface area contributed by atoms with Crippen LogP contribution in [0.4, 0.5) is 0 Å². The van der Waals surface area contributed by atoms with Crippen LogP contribution in [0.5, 0.6) is 0 Å². The SMILES string of the molecule is Cc1sc(CO)cc1S(=O)(=O)NC(C)CCN(C)C. The molecule has 0 amide bonds. The van der Waals surface area contributed by atoms with E-state index in [9.17, 15) is 8.42 Å². The number of aliphatic hydroxyl groups is 1. The molecule has 1 aromatic rings. The second-order valence-corrected chi connectivity index (χ2v) is 7.93. The van der Waals surface area contributed by atoms with E-state index in [0.29, 0.717) is 9.75 Å². The Kier molecular flexibility index (Phi) is 5.94. The molecular weight excluding hydrogens is 284 g/mol. The molecule has 1 rings (SSSR count). The Bertz CT molecular complexity index is 509. The maximum Gasteiger partial charge on any atom is 0.241 e. The Hall–Kier alpha value is -0.470. The molecule has 0 aliphatic carbocycles. The van der Waals surface area contributed by atoms with Crippen LogP contribution in [0.15, 0.2) is 11.0 Å². The van der Waals surface area contributed by atoms with Crippen LogP contribution in [0.2, 0.25) is 0 Å². The second-order valence-electron chi connectivity index (χ2n) is 4.91. The lowest BCUT2D eigenvalue weighted by atomic mass is 10.2. The molecule has 1 aromatic heterocycles. The van der Waals surface area contributed by atoms with E-state index in [0.717, 1.165) is 13.0 Å². The topological polar surface area (TPSA) is 69.6 Å². The lowest BCUT2D eigenvalue weighted by Crippen LogP contribution is -2.34. The molecule has 0 fully saturated rings. The Labute approximate surface area is 119 Å². The van der Waals surface area contributed by atoms with E-state index in [1.54, 1.807) is 13.0 Å². The molecule has 1 heterocycles. The summed E-state index contributed by atoms with van der Waals surface area (Å²) in [5.41, 5.74) is 0. The maximum atomic E-state index is 12.2. The molecule has 5 nitrogen and oxygen atoms in total. The maximum absolute atomic E-state index is 12.2. The van der Waals surface area contributed by atoms with Gasteiger partial charge in [0.1, 0.15) is 0 Å². The molecule has 7 heteroatoms. The largest absolute Gasteiger partial charge is 0.391 e. The van der Waals surface area contributed by atoms with Gasteiger partial charge in [0.25, 0.3) is 0 Å². The number of aryl methyl sites for hydroxylation is 1. The van der Waals surface area contributed by atoms with E-state index in [4.69, 9.17) is 5.11 Å². The predicted octanol–water partition coefficient (Wildman–Crippen LogP) is 1.17. The number of sulfonamides is 1. The smallest absolute Gasteiger partial charge is 0.241 e. The first kappa shape index (κ1) is 16.6. The van der Waals surface area contributed by atoms with Crippen LogP contribution in [-0.2, 0) is 16.6 Å². The van der Waals surface area contributed by atoms with Gasteiger partial charge in [0.05, 0.1) is 11.5 Å². The number of hydrogen-bond acceptors (Lipinski definition) is 5. The molecule has 0 saturated heterocycles. The number of thiophene rings is 1. The molecule has 0 bridgehead atoms. The van der Waals surface area contributed by atoms with Crippen LogP contribution in [0.25, 0.3) is 0 Å². The predicted molar refractivity (Wildman–Crippen MR) is 77.9 cm³/mol. The van der Waals surface area contributed by atoms with Crippen LogP contribution in [0, 0.1) is 6.92 Å². The standard InChI is InChI=1S/C12H22N2O3S2/c1-9(5-6-14(3)4)13-19(16,17)12-7-11(8-15)18-10(12)2/h7,9,13,15H,5-6,8H2,1-4H3. The average molecular weight is 306 g/mol. The van der Waals surface area contributed by atoms with Gasteiger partial charge in [-0.25, -0.2) is 13.1 Å². The van der Waals surface area contributed by atoms with E-state index < -0.39 is 10.0 Å². The summed E-state index contributed by atoms with van der Waals surface area (Å²) in [6.45, 7) is 4.31. The van der Waals surface area contributed by atoms with E-state index >= 15 is 0 Å². The summed E-state index contributed by atoms with van der Waals surface area (Å²) in [4.78, 5) is 3.67. The van der Waals surface area contributed by atoms with E-state index in [2.05, 4.69) is 4.72 Å². The van der Waals surface area contributed by atoms with Crippen molar-refractivity contribution in [2.24, 2.45) is 0 Å². The summed E-state index contributed by atoms with van der Waals surface area (Å²) in [5.74, 6) is 0. The third kappa shape index (κ3) is 4.85. The van der Waals surface area contributed by atoms with Gasteiger partial charge in [0.2, 0.25) is 10.0 Å². The highest BCUT2D eigenvalue weighted by Crippen LogP contribution is 2.25. The third-order valence-corrected chi connectivity index (χ3v) is 5.61. The van der Waals surface area contributed by atoms with Crippen LogP contribution >= 0.6 is 11.3 Å². The number of hydrogen-bond donors (Lipinski definition) is 2. The summed E-state index contributed by atoms with van der Waals surface area (Å²) in [5, 5.41) is 9.06. The molecular formula is C12H22N2O3S2. The number of aliphatic hydroxyl groups excluding tert-OH is 1. The van der Waals surface area contributed by atoms with Gasteiger partial charge in [-0.15, -0.1) is 11.3 Å². The quantitative estimate of drug-likeness (QED) is 0.793. The summed E-state index contributed by atoms with van der Waals surface area (Å²) < 4.78 is 27.2. The van der Waals surface area contributed by atoms with Crippen LogP contribution < -0.4 is 4.72 Å². The average Bonchev–Trinajstić information content (AvgIpc) is 2.68. The van der Waals surface area contributed by atoms with Crippen LogP contribution in [-0.4, -0.2) is 45.1 Å². The number of nitrogens with zero attached hydrogens (tertiary/aromatic N) is 1. The first-order valence-electron chi connectivity index (χ1n) is 6.13. The first-order valence-corrected chi connectivity index (χ1v) is 8.43. The Morgan fingerprint density at radius 1 is 1.47 bits per heavy atom. The fourth-order valence-electron chi connectivity index (χ4n) is 1.71. The molecule has 0 aliphatic rings. The van der Waals surface area contributed by atoms with Crippen molar-refractivity contribution in [2.45, 2.75) is 37.8 Å². The van der Waals surface area contributed by atoms with Gasteiger partial charge >= 0.3 is 0 Å². The van der Waals surface area contributed by atoms with Crippen molar-refractivity contribution in [2.75, 3.05) is 20.6 Å². The monoisotopic (exact) mass is 306 g/mol. The molecule has 0 saturated carbocycles. The van der Waals surface area contributed by atoms with Crippen LogP contribution in [0.1, 0.15) is 23.1 Å². The van der Waals surface area contributed by atoms with E-state index in [-0.39, 0.29) is 17.5 Å². The molecule has 0 spiro atoms. The van der Waals surface area contributed by atoms with Gasteiger partial charge < -0.3 is 10.0 Å². The molecule has 1 unspecified atom stereocenters. The molecule has 2 N–H and O–H groups in total. The third-order valence-electron chi connectivity index (χ3n) is 2.73. The zero-order chi connectivity index (χ0) is 14.6. The van der Waals surface area contributed by atoms with Gasteiger partial charge in [-0.05, 0) is 47.0 Å². The van der Waals surface area contributed by atoms with Crippen molar-refractivity contribution in [1.29, 1.82) is 0 Å². The van der Waals surface area contributed by atoms with Crippen molar-refractivity contribution in [3.63, 3.8) is 0 Å². The minimum atomic E-state index is -3.50. The lowest BCUT2D eigenvalue weighted by Gasteiger charge is -2.16. The number of rotatable bonds is 7. The molecule has 110 valence electrons. The van der Waals surface area contributed by atoms with Crippen LogP contribution in [0.3, 0.4) is 0 Å². The van der Waals surface area contributed by atoms with Crippen molar-refractivity contribution < 1.29 is 13.5 Å². The van der Waals surface area contributed by atoms with Crippen molar-refractivity contribution >= 4 is 21.4 Å². The lowest BCUT2D eigenvalue weighted by molar-refractivity contribution is 0.285. The van der Waals surface area contributed by atoms with Crippen molar-refractivity contribution in [1.82, 2.24) is 9.62 Å². The second kappa shape index (κ2) is 6.81. The van der Waals surface area contributed by atoms with Gasteiger partial charge in [-0.2, -0.15) is 0 Å². The van der Waals surface area contributed by atoms with Gasteiger partial charge in [0, 0.05) is 15.8 Å².